The van der Waals surface area contributed by atoms with Gasteiger partial charge in [0.05, 0.1) is 12.3 Å². The van der Waals surface area contributed by atoms with Crippen LogP contribution in [0.1, 0.15) is 26.0 Å². The Hall–Kier alpha value is -0.740. The first-order valence-electron chi connectivity index (χ1n) is 6.06. The molecule has 2 heterocycles. The van der Waals surface area contributed by atoms with Crippen LogP contribution in [0.5, 0.6) is 0 Å². The van der Waals surface area contributed by atoms with Crippen molar-refractivity contribution in [3.05, 3.63) is 23.9 Å². The molecule has 94 valence electrons. The number of nitrogens with zero attached hydrogens (tertiary/aromatic N) is 2. The maximum absolute atomic E-state index is 9.11. The van der Waals surface area contributed by atoms with Crippen molar-refractivity contribution in [3.8, 4) is 0 Å². The van der Waals surface area contributed by atoms with E-state index < -0.39 is 0 Å². The molecule has 1 aliphatic heterocycles. The first-order chi connectivity index (χ1) is 8.11. The van der Waals surface area contributed by atoms with Gasteiger partial charge < -0.3 is 10.0 Å². The Morgan fingerprint density at radius 1 is 1.41 bits per heavy atom. The molecule has 1 N–H and O–H groups in total. The van der Waals surface area contributed by atoms with Gasteiger partial charge in [-0.05, 0) is 18.6 Å². The van der Waals surface area contributed by atoms with Crippen molar-refractivity contribution >= 4 is 17.6 Å². The molecule has 2 rings (SSSR count). The van der Waals surface area contributed by atoms with Crippen molar-refractivity contribution in [3.63, 3.8) is 0 Å². The highest BCUT2D eigenvalue weighted by Crippen LogP contribution is 2.31. The molecule has 0 aliphatic carbocycles. The summed E-state index contributed by atoms with van der Waals surface area (Å²) >= 11 is 2.03. The first-order valence-corrected chi connectivity index (χ1v) is 7.05. The maximum atomic E-state index is 9.11. The van der Waals surface area contributed by atoms with Crippen molar-refractivity contribution in [2.24, 2.45) is 0 Å². The Balaban J connectivity index is 2.11. The molecule has 0 atom stereocenters. The smallest absolute Gasteiger partial charge is 0.128 e. The van der Waals surface area contributed by atoms with E-state index in [2.05, 4.69) is 23.7 Å². The van der Waals surface area contributed by atoms with Gasteiger partial charge in [-0.15, -0.1) is 0 Å². The molecule has 0 radical (unpaired) electrons. The molecule has 17 heavy (non-hydrogen) atoms. The Bertz CT molecular complexity index is 381. The summed E-state index contributed by atoms with van der Waals surface area (Å²) in [7, 11) is 0. The maximum Gasteiger partial charge on any atom is 0.128 e. The van der Waals surface area contributed by atoms with Gasteiger partial charge in [-0.1, -0.05) is 19.9 Å². The zero-order valence-corrected chi connectivity index (χ0v) is 11.3. The minimum Gasteiger partial charge on any atom is -0.390 e. The van der Waals surface area contributed by atoms with Gasteiger partial charge in [0.25, 0.3) is 0 Å². The van der Waals surface area contributed by atoms with E-state index in [0.29, 0.717) is 4.75 Å². The van der Waals surface area contributed by atoms with Crippen LogP contribution in [0, 0.1) is 0 Å². The van der Waals surface area contributed by atoms with Gasteiger partial charge in [-0.3, -0.25) is 0 Å². The molecule has 3 nitrogen and oxygen atoms in total. The van der Waals surface area contributed by atoms with Crippen LogP contribution >= 0.6 is 11.8 Å². The number of hydrogen-bond acceptors (Lipinski definition) is 4. The second-order valence-electron chi connectivity index (χ2n) is 4.99. The molecular formula is C13H20N2OS. The van der Waals surface area contributed by atoms with Gasteiger partial charge in [0, 0.05) is 23.6 Å². The molecule has 1 aliphatic rings. The highest BCUT2D eigenvalue weighted by atomic mass is 32.2. The van der Waals surface area contributed by atoms with Crippen LogP contribution in [0.2, 0.25) is 0 Å². The fourth-order valence-electron chi connectivity index (χ4n) is 1.98. The van der Waals surface area contributed by atoms with Crippen LogP contribution in [0.25, 0.3) is 0 Å². The molecule has 0 aromatic carbocycles. The standard InChI is InChI=1S/C13H20N2OS/c1-13(2)6-7-15(8-9-17-13)12-5-3-4-11(10-16)14-12/h3-5,16H,6-10H2,1-2H3. The predicted octanol–water partition coefficient (Wildman–Crippen LogP) is 2.30. The zero-order chi connectivity index (χ0) is 12.3. The second kappa shape index (κ2) is 5.27. The van der Waals surface area contributed by atoms with Crippen LogP contribution < -0.4 is 4.90 Å². The van der Waals surface area contributed by atoms with Gasteiger partial charge >= 0.3 is 0 Å². The quantitative estimate of drug-likeness (QED) is 0.876. The van der Waals surface area contributed by atoms with Crippen LogP contribution in [-0.4, -0.2) is 33.7 Å². The highest BCUT2D eigenvalue weighted by molar-refractivity contribution is 8.00. The van der Waals surface area contributed by atoms with Gasteiger partial charge in [-0.2, -0.15) is 11.8 Å². The van der Waals surface area contributed by atoms with Crippen molar-refractivity contribution in [2.45, 2.75) is 31.6 Å². The second-order valence-corrected chi connectivity index (χ2v) is 6.79. The molecular weight excluding hydrogens is 232 g/mol. The molecule has 0 bridgehead atoms. The lowest BCUT2D eigenvalue weighted by molar-refractivity contribution is 0.277. The van der Waals surface area contributed by atoms with E-state index in [1.54, 1.807) is 0 Å². The lowest BCUT2D eigenvalue weighted by Gasteiger charge is -2.23. The number of aromatic nitrogens is 1. The number of hydrogen-bond donors (Lipinski definition) is 1. The van der Waals surface area contributed by atoms with Crippen molar-refractivity contribution in [1.29, 1.82) is 0 Å². The number of pyridine rings is 1. The van der Waals surface area contributed by atoms with E-state index in [4.69, 9.17) is 5.11 Å². The van der Waals surface area contributed by atoms with E-state index in [-0.39, 0.29) is 6.61 Å². The lowest BCUT2D eigenvalue weighted by Crippen LogP contribution is -2.27. The highest BCUT2D eigenvalue weighted by Gasteiger charge is 2.24. The van der Waals surface area contributed by atoms with Gasteiger partial charge in [0.15, 0.2) is 0 Å². The number of thioether (sulfide) groups is 1. The first kappa shape index (κ1) is 12.7. The number of rotatable bonds is 2. The average Bonchev–Trinajstić information content (AvgIpc) is 2.50. The Morgan fingerprint density at radius 3 is 3.00 bits per heavy atom. The van der Waals surface area contributed by atoms with E-state index in [0.717, 1.165) is 30.4 Å². The molecule has 1 fully saturated rings. The molecule has 1 aromatic rings. The fourth-order valence-corrected chi connectivity index (χ4v) is 3.08. The largest absolute Gasteiger partial charge is 0.390 e. The third-order valence-corrected chi connectivity index (χ3v) is 4.49. The molecule has 1 saturated heterocycles. The van der Waals surface area contributed by atoms with Crippen LogP contribution in [0.3, 0.4) is 0 Å². The predicted molar refractivity (Wildman–Crippen MR) is 73.5 cm³/mol. The Morgan fingerprint density at radius 2 is 2.24 bits per heavy atom. The van der Waals surface area contributed by atoms with Crippen LogP contribution in [0.15, 0.2) is 18.2 Å². The lowest BCUT2D eigenvalue weighted by atomic mass is 10.1. The Labute approximate surface area is 107 Å². The molecule has 0 unspecified atom stereocenters. The molecule has 4 heteroatoms. The topological polar surface area (TPSA) is 36.4 Å². The summed E-state index contributed by atoms with van der Waals surface area (Å²) in [5.74, 6) is 2.13. The summed E-state index contributed by atoms with van der Waals surface area (Å²) in [4.78, 5) is 6.79. The third-order valence-electron chi connectivity index (χ3n) is 3.12. The van der Waals surface area contributed by atoms with E-state index in [1.807, 2.05) is 30.0 Å². The van der Waals surface area contributed by atoms with E-state index >= 15 is 0 Å². The summed E-state index contributed by atoms with van der Waals surface area (Å²) in [5.41, 5.74) is 0.749. The summed E-state index contributed by atoms with van der Waals surface area (Å²) in [6.07, 6.45) is 1.17. The fraction of sp³-hybridized carbons (Fsp3) is 0.615. The summed E-state index contributed by atoms with van der Waals surface area (Å²) in [5, 5.41) is 9.11. The molecule has 1 aromatic heterocycles. The van der Waals surface area contributed by atoms with E-state index in [1.165, 1.54) is 6.42 Å². The zero-order valence-electron chi connectivity index (χ0n) is 10.5. The van der Waals surface area contributed by atoms with Crippen molar-refractivity contribution in [2.75, 3.05) is 23.7 Å². The van der Waals surface area contributed by atoms with Crippen LogP contribution in [0.4, 0.5) is 5.82 Å². The minimum atomic E-state index is 0.0158. The van der Waals surface area contributed by atoms with Crippen molar-refractivity contribution < 1.29 is 5.11 Å². The van der Waals surface area contributed by atoms with Gasteiger partial charge in [0.2, 0.25) is 0 Å². The normalized spacial score (nSPS) is 20.1. The monoisotopic (exact) mass is 252 g/mol. The molecule has 0 amide bonds. The Kier molecular flexibility index (Phi) is 3.94. The number of aliphatic hydroxyl groups excluding tert-OH is 1. The number of anilines is 1. The molecule has 0 spiro atoms. The minimum absolute atomic E-state index is 0.0158. The summed E-state index contributed by atoms with van der Waals surface area (Å²) in [6, 6.07) is 5.86. The van der Waals surface area contributed by atoms with Crippen LogP contribution in [-0.2, 0) is 6.61 Å². The van der Waals surface area contributed by atoms with Gasteiger partial charge in [-0.25, -0.2) is 4.98 Å². The number of aliphatic hydroxyl groups is 1. The average molecular weight is 252 g/mol. The summed E-state index contributed by atoms with van der Waals surface area (Å²) in [6.45, 7) is 6.71. The third kappa shape index (κ3) is 3.36. The molecule has 0 saturated carbocycles. The van der Waals surface area contributed by atoms with E-state index in [9.17, 15) is 0 Å². The van der Waals surface area contributed by atoms with Gasteiger partial charge in [0.1, 0.15) is 5.82 Å². The summed E-state index contributed by atoms with van der Waals surface area (Å²) < 4.78 is 0.364. The van der Waals surface area contributed by atoms with Crippen molar-refractivity contribution in [1.82, 2.24) is 4.98 Å². The SMILES string of the molecule is CC1(C)CCN(c2cccc(CO)n2)CCS1.